The number of nitrogens with zero attached hydrogens (tertiary/aromatic N) is 3. The predicted molar refractivity (Wildman–Crippen MR) is 530 cm³/mol. The van der Waals surface area contributed by atoms with Crippen LogP contribution in [0.25, 0.3) is 0 Å². The predicted octanol–water partition coefficient (Wildman–Crippen LogP) is 24.1. The average Bonchev–Trinajstić information content (AvgIpc) is 0.836. The highest BCUT2D eigenvalue weighted by atomic mass is 79.9. The summed E-state index contributed by atoms with van der Waals surface area (Å²) in [5, 5.41) is 19.0. The second kappa shape index (κ2) is 56.2. The van der Waals surface area contributed by atoms with Gasteiger partial charge in [-0.25, -0.2) is 14.0 Å². The van der Waals surface area contributed by atoms with Crippen molar-refractivity contribution in [2.24, 2.45) is 0 Å². The van der Waals surface area contributed by atoms with Crippen molar-refractivity contribution >= 4 is 79.6 Å². The number of carbonyl (C=O) groups is 8. The first-order chi connectivity index (χ1) is 62.2. The Balaban J connectivity index is 0.000000247. The molecule has 2 unspecified atom stereocenters. The van der Waals surface area contributed by atoms with Gasteiger partial charge in [-0.15, -0.1) is 0 Å². The number of hydrogen-bond acceptors (Lipinski definition) is 18. The van der Waals surface area contributed by atoms with Crippen LogP contribution in [-0.2, 0) is 34.2 Å². The number of anilines is 3. The van der Waals surface area contributed by atoms with Crippen molar-refractivity contribution in [2.45, 2.75) is 150 Å². The molecule has 0 aliphatic heterocycles. The van der Waals surface area contributed by atoms with Crippen LogP contribution in [0.2, 0.25) is 0 Å². The van der Waals surface area contributed by atoms with Crippen LogP contribution in [0.5, 0.6) is 11.5 Å². The van der Waals surface area contributed by atoms with E-state index in [1.165, 1.54) is 72.4 Å². The number of methoxy groups -OCH3 is 3. The fraction of sp³-hybridized carbons (Fsp3) is 0.327. The fourth-order valence-electron chi connectivity index (χ4n) is 13.3. The van der Waals surface area contributed by atoms with E-state index in [-0.39, 0.29) is 81.3 Å². The van der Waals surface area contributed by atoms with Crippen molar-refractivity contribution in [1.29, 1.82) is 0 Å². The van der Waals surface area contributed by atoms with Gasteiger partial charge in [-0.05, 0) is 214 Å². The number of ether oxygens (including phenoxy) is 3. The molecule has 2 atom stereocenters. The van der Waals surface area contributed by atoms with Gasteiger partial charge in [0.25, 0.3) is 0 Å². The number of aromatic hydroxyl groups is 1. The molecule has 20 heteroatoms. The second-order valence-corrected chi connectivity index (χ2v) is 34.1. The maximum Gasteiger partial charge on any atom is 0.337 e. The first kappa shape index (κ1) is 106. The van der Waals surface area contributed by atoms with E-state index in [9.17, 15) is 42.7 Å². The van der Waals surface area contributed by atoms with Crippen molar-refractivity contribution in [1.82, 2.24) is 14.7 Å². The zero-order chi connectivity index (χ0) is 95.2. The molecule has 11 aromatic carbocycles. The largest absolute Gasteiger partial charge is 0.508 e. The quantitative estimate of drug-likeness (QED) is 0.0208. The van der Waals surface area contributed by atoms with E-state index in [1.807, 2.05) is 202 Å². The third kappa shape index (κ3) is 37.8. The van der Waals surface area contributed by atoms with Gasteiger partial charge in [0.1, 0.15) is 17.3 Å². The number of phenols is 1. The van der Waals surface area contributed by atoms with Crippen LogP contribution in [0.3, 0.4) is 0 Å². The smallest absolute Gasteiger partial charge is 0.337 e. The van der Waals surface area contributed by atoms with Crippen LogP contribution >= 0.6 is 15.9 Å². The van der Waals surface area contributed by atoms with Crippen molar-refractivity contribution in [3.63, 3.8) is 0 Å². The van der Waals surface area contributed by atoms with Crippen LogP contribution in [-0.4, -0.2) is 155 Å². The van der Waals surface area contributed by atoms with Crippen LogP contribution in [0.4, 0.5) is 21.5 Å². The third-order valence-corrected chi connectivity index (χ3v) is 22.2. The minimum absolute atomic E-state index is 0.0162. The van der Waals surface area contributed by atoms with Crippen molar-refractivity contribution in [3.8, 4) is 11.5 Å². The van der Waals surface area contributed by atoms with Gasteiger partial charge in [0.15, 0.2) is 34.7 Å². The molecule has 0 aromatic heterocycles. The molecule has 0 fully saturated rings. The Hall–Kier alpha value is -12.3. The molecule has 18 nitrogen and oxygen atoms in total. The van der Waals surface area contributed by atoms with Gasteiger partial charge in [0, 0.05) is 120 Å². The lowest BCUT2D eigenvalue weighted by atomic mass is 9.86. The Bertz CT molecular complexity index is 5240. The maximum absolute atomic E-state index is 13.3. The molecule has 11 rings (SSSR count). The number of phenolic OH excluding ortho intramolecular Hbond substituents is 1. The lowest BCUT2D eigenvalue weighted by molar-refractivity contribution is 0.0597. The standard InChI is InChI=1S/C27H30FNO.C24H24BrNO2.C21H23NO5.C16H25NO.C11H15NO2.C11H15NO/c1-5-19-6-8-20(9-7-19)25(29-24-16-14-23(28)15-17-24)18-26(30)21-10-12-22(13-11-21)27(2,3)4;1-3-17-4-6-19(7-5-17)24(27)16-23(18-8-14-22(28-2)15-9-18)26-21-12-10-20(25)11-13-21;1-4-14-5-7-15(8-6-14)19(23)9-10-22-18-12-16(20(24)26-2)11-17(13-18)21(25)27-3;1-5-17(6-2)12-11-16(18)15-9-7-14(8-10-15)13(3)4;1-12(2)8-7-11(14)9-3-5-10(13)6-4-9;1-12(2)9-8-11(13)10-6-4-3-5-7-10/h6-17,25,29H,5,18H2,1-4H3;4-15,23,26H,3,16H2,1-2H3;5-8,11-13,22H,4,9-10H2,1-3H3;7-10,13H,5-6,11-12H2,1-4H3;3-6,13H,7-8H2,1-2H3;3-7H,8-9H2,1-2H3. The molecule has 688 valence electrons. The summed E-state index contributed by atoms with van der Waals surface area (Å²) in [6, 6.07) is 81.8. The Morgan fingerprint density at radius 2 is 0.754 bits per heavy atom. The molecule has 0 heterocycles. The molecule has 0 amide bonds. The van der Waals surface area contributed by atoms with Gasteiger partial charge < -0.3 is 50.0 Å². The Kier molecular flexibility index (Phi) is 46.0. The zero-order valence-corrected chi connectivity index (χ0v) is 80.4. The summed E-state index contributed by atoms with van der Waals surface area (Å²) in [7, 11) is 12.0. The van der Waals surface area contributed by atoms with E-state index >= 15 is 0 Å². The van der Waals surface area contributed by atoms with Crippen molar-refractivity contribution in [2.75, 3.05) is 105 Å². The topological polar surface area (TPSA) is 230 Å². The van der Waals surface area contributed by atoms with Gasteiger partial charge >= 0.3 is 11.9 Å². The molecule has 0 aliphatic rings. The zero-order valence-electron chi connectivity index (χ0n) is 78.8. The second-order valence-electron chi connectivity index (χ2n) is 33.2. The highest BCUT2D eigenvalue weighted by molar-refractivity contribution is 9.10. The van der Waals surface area contributed by atoms with Crippen LogP contribution in [0.1, 0.15) is 248 Å². The monoisotopic (exact) mass is 1830 g/mol. The van der Waals surface area contributed by atoms with Gasteiger partial charge in [-0.2, -0.15) is 0 Å². The highest BCUT2D eigenvalue weighted by Crippen LogP contribution is 2.31. The molecule has 0 aliphatic carbocycles. The number of hydrogen-bond donors (Lipinski definition) is 4. The number of halogens is 2. The summed E-state index contributed by atoms with van der Waals surface area (Å²) < 4.78 is 29.0. The molecule has 130 heavy (non-hydrogen) atoms. The average molecular weight is 1830 g/mol. The minimum Gasteiger partial charge on any atom is -0.508 e. The summed E-state index contributed by atoms with van der Waals surface area (Å²) in [6.45, 7) is 26.2. The molecule has 0 saturated heterocycles. The summed E-state index contributed by atoms with van der Waals surface area (Å²) >= 11 is 3.46. The maximum atomic E-state index is 13.3. The summed E-state index contributed by atoms with van der Waals surface area (Å²) in [4.78, 5) is 103. The van der Waals surface area contributed by atoms with Crippen LogP contribution in [0, 0.1) is 5.82 Å². The van der Waals surface area contributed by atoms with Crippen LogP contribution in [0.15, 0.2) is 271 Å². The third-order valence-electron chi connectivity index (χ3n) is 21.7. The molecule has 0 radical (unpaired) electrons. The number of carbonyl (C=O) groups excluding carboxylic acids is 8. The van der Waals surface area contributed by atoms with E-state index < -0.39 is 11.9 Å². The Morgan fingerprint density at radius 1 is 0.400 bits per heavy atom. The highest BCUT2D eigenvalue weighted by Gasteiger charge is 2.23. The Morgan fingerprint density at radius 3 is 1.14 bits per heavy atom. The summed E-state index contributed by atoms with van der Waals surface area (Å²) in [6.07, 6.45) is 5.54. The van der Waals surface area contributed by atoms with Gasteiger partial charge in [-0.1, -0.05) is 249 Å². The van der Waals surface area contributed by atoms with Gasteiger partial charge in [-0.3, -0.25) is 28.8 Å². The molecule has 0 spiro atoms. The van der Waals surface area contributed by atoms with E-state index in [2.05, 4.69) is 142 Å². The normalized spacial score (nSPS) is 11.2. The lowest BCUT2D eigenvalue weighted by Gasteiger charge is -2.21. The lowest BCUT2D eigenvalue weighted by Crippen LogP contribution is -2.25. The number of benzene rings is 11. The fourth-order valence-corrected chi connectivity index (χ4v) is 13.6. The first-order valence-electron chi connectivity index (χ1n) is 44.5. The molecular formula is C110H132BrFN6O12. The molecule has 0 saturated carbocycles. The number of esters is 2. The first-order valence-corrected chi connectivity index (χ1v) is 45.3. The number of ketones is 6. The number of Topliss-reactive ketones (excluding diaryl/α,β-unsaturated/α-hetero) is 6. The molecule has 0 bridgehead atoms. The molecular weight excluding hydrogens is 1700 g/mol. The molecule has 11 aromatic rings. The van der Waals surface area contributed by atoms with E-state index in [0.717, 1.165) is 101 Å². The minimum atomic E-state index is -0.559. The summed E-state index contributed by atoms with van der Waals surface area (Å²) in [5.41, 5.74) is 15.5. The molecule has 4 N–H and O–H groups in total. The van der Waals surface area contributed by atoms with Crippen LogP contribution < -0.4 is 20.7 Å². The Labute approximate surface area is 778 Å². The number of rotatable bonds is 38. The number of nitrogens with one attached hydrogen (secondary N) is 3. The number of aryl methyl sites for hydroxylation is 3. The van der Waals surface area contributed by atoms with E-state index in [0.29, 0.717) is 66.9 Å². The SMILES string of the molecule is CCN(CC)CCC(=O)c1ccc(C(C)C)cc1.CCc1ccc(C(=O)CC(Nc2ccc(Br)cc2)c2ccc(OC)cc2)cc1.CCc1ccc(C(=O)CCNc2cc(C(=O)OC)cc(C(=O)OC)c2)cc1.CCc1ccc(C(CC(=O)c2ccc(C(C)(C)C)cc2)Nc2ccc(F)cc2)cc1.CN(C)CCC(=O)c1ccc(O)cc1.CN(C)CCC(=O)c1ccccc1. The van der Waals surface area contributed by atoms with E-state index in [1.54, 1.807) is 43.5 Å². The van der Waals surface area contributed by atoms with Crippen molar-refractivity contribution in [3.05, 3.63) is 361 Å². The van der Waals surface area contributed by atoms with E-state index in [4.69, 9.17) is 19.3 Å². The van der Waals surface area contributed by atoms with Gasteiger partial charge in [0.05, 0.1) is 44.5 Å². The summed E-state index contributed by atoms with van der Waals surface area (Å²) in [5.74, 6) is 0.896. The van der Waals surface area contributed by atoms with Crippen molar-refractivity contribution < 1.29 is 62.1 Å². The van der Waals surface area contributed by atoms with Gasteiger partial charge in [0.2, 0.25) is 0 Å².